The molecule has 0 radical (unpaired) electrons. The molecular formula is C15H24N2O2S. The van der Waals surface area contributed by atoms with Crippen molar-refractivity contribution in [1.82, 2.24) is 10.2 Å². The van der Waals surface area contributed by atoms with Crippen molar-refractivity contribution < 1.29 is 9.21 Å². The molecule has 1 amide bonds. The van der Waals surface area contributed by atoms with E-state index in [2.05, 4.69) is 10.2 Å². The van der Waals surface area contributed by atoms with Gasteiger partial charge in [0.15, 0.2) is 0 Å². The van der Waals surface area contributed by atoms with E-state index in [0.717, 1.165) is 30.4 Å². The lowest BCUT2D eigenvalue weighted by Crippen LogP contribution is -2.44. The van der Waals surface area contributed by atoms with Crippen LogP contribution in [-0.4, -0.2) is 41.9 Å². The average Bonchev–Trinajstić information content (AvgIpc) is 2.93. The molecule has 0 bridgehead atoms. The molecule has 1 unspecified atom stereocenters. The number of nitrogens with zero attached hydrogens (tertiary/aromatic N) is 1. The topological polar surface area (TPSA) is 45.5 Å². The van der Waals surface area contributed by atoms with Gasteiger partial charge in [0, 0.05) is 36.6 Å². The highest BCUT2D eigenvalue weighted by molar-refractivity contribution is 7.99. The Kier molecular flexibility index (Phi) is 5.16. The van der Waals surface area contributed by atoms with Gasteiger partial charge < -0.3 is 9.73 Å². The van der Waals surface area contributed by atoms with Crippen LogP contribution in [0.3, 0.4) is 0 Å². The summed E-state index contributed by atoms with van der Waals surface area (Å²) in [5, 5.41) is 3.06. The van der Waals surface area contributed by atoms with Crippen LogP contribution in [0.1, 0.15) is 32.6 Å². The Morgan fingerprint density at radius 1 is 1.45 bits per heavy atom. The maximum atomic E-state index is 12.1. The van der Waals surface area contributed by atoms with Crippen LogP contribution in [0.25, 0.3) is 0 Å². The van der Waals surface area contributed by atoms with E-state index in [4.69, 9.17) is 4.42 Å². The maximum Gasteiger partial charge on any atom is 0.225 e. The normalized spacial score (nSPS) is 18.8. The number of carbonyl (C=O) groups is 1. The number of amides is 1. The van der Waals surface area contributed by atoms with Gasteiger partial charge in [0.2, 0.25) is 5.91 Å². The Hall–Kier alpha value is -0.940. The van der Waals surface area contributed by atoms with E-state index in [0.29, 0.717) is 6.54 Å². The Morgan fingerprint density at radius 3 is 2.70 bits per heavy atom. The van der Waals surface area contributed by atoms with Gasteiger partial charge in [-0.15, -0.1) is 0 Å². The third-order valence-electron chi connectivity index (χ3n) is 3.50. The molecule has 20 heavy (non-hydrogen) atoms. The molecule has 1 saturated heterocycles. The zero-order valence-corrected chi connectivity index (χ0v) is 13.3. The first kappa shape index (κ1) is 15.4. The van der Waals surface area contributed by atoms with Crippen molar-refractivity contribution in [1.29, 1.82) is 0 Å². The van der Waals surface area contributed by atoms with Crippen molar-refractivity contribution >= 4 is 17.7 Å². The third-order valence-corrected chi connectivity index (χ3v) is 4.44. The fourth-order valence-electron chi connectivity index (χ4n) is 2.23. The molecule has 4 nitrogen and oxygen atoms in total. The summed E-state index contributed by atoms with van der Waals surface area (Å²) in [5.41, 5.74) is -0.356. The van der Waals surface area contributed by atoms with Gasteiger partial charge in [-0.05, 0) is 12.1 Å². The number of furan rings is 1. The minimum atomic E-state index is -0.356. The Morgan fingerprint density at radius 2 is 2.15 bits per heavy atom. The Labute approximate surface area is 125 Å². The first-order chi connectivity index (χ1) is 9.48. The molecule has 1 atom stereocenters. The van der Waals surface area contributed by atoms with Crippen LogP contribution in [-0.2, 0) is 4.79 Å². The van der Waals surface area contributed by atoms with Crippen LogP contribution in [0, 0.1) is 5.41 Å². The number of hydrogen-bond acceptors (Lipinski definition) is 4. The minimum Gasteiger partial charge on any atom is -0.468 e. The molecule has 0 aromatic carbocycles. The zero-order valence-electron chi connectivity index (χ0n) is 12.5. The van der Waals surface area contributed by atoms with Crippen LogP contribution < -0.4 is 5.32 Å². The van der Waals surface area contributed by atoms with E-state index in [9.17, 15) is 4.79 Å². The van der Waals surface area contributed by atoms with Crippen LogP contribution >= 0.6 is 11.8 Å². The predicted octanol–water partition coefficient (Wildman–Crippen LogP) is 2.53. The molecule has 0 spiro atoms. The molecule has 1 fully saturated rings. The molecular weight excluding hydrogens is 272 g/mol. The van der Waals surface area contributed by atoms with Gasteiger partial charge in [-0.2, -0.15) is 11.8 Å². The van der Waals surface area contributed by atoms with Crippen LogP contribution in [0.4, 0.5) is 0 Å². The highest BCUT2D eigenvalue weighted by atomic mass is 32.2. The number of hydrogen-bond donors (Lipinski definition) is 1. The number of carbonyl (C=O) groups excluding carboxylic acids is 1. The summed E-state index contributed by atoms with van der Waals surface area (Å²) in [6.45, 7) is 8.49. The summed E-state index contributed by atoms with van der Waals surface area (Å²) in [6, 6.07) is 4.04. The molecule has 1 aliphatic rings. The monoisotopic (exact) mass is 296 g/mol. The smallest absolute Gasteiger partial charge is 0.225 e. The quantitative estimate of drug-likeness (QED) is 0.927. The maximum absolute atomic E-state index is 12.1. The van der Waals surface area contributed by atoms with Crippen LogP contribution in [0.2, 0.25) is 0 Å². The molecule has 1 N–H and O–H groups in total. The van der Waals surface area contributed by atoms with E-state index in [-0.39, 0.29) is 17.4 Å². The van der Waals surface area contributed by atoms with Gasteiger partial charge in [-0.25, -0.2) is 0 Å². The van der Waals surface area contributed by atoms with Crippen molar-refractivity contribution in [3.63, 3.8) is 0 Å². The van der Waals surface area contributed by atoms with Gasteiger partial charge in [-0.1, -0.05) is 20.8 Å². The van der Waals surface area contributed by atoms with Crippen molar-refractivity contribution in [2.45, 2.75) is 26.8 Å². The first-order valence-electron chi connectivity index (χ1n) is 7.12. The first-order valence-corrected chi connectivity index (χ1v) is 8.27. The fourth-order valence-corrected chi connectivity index (χ4v) is 3.17. The van der Waals surface area contributed by atoms with E-state index < -0.39 is 0 Å². The van der Waals surface area contributed by atoms with Crippen molar-refractivity contribution in [3.8, 4) is 0 Å². The molecule has 1 aliphatic heterocycles. The lowest BCUT2D eigenvalue weighted by Gasteiger charge is -2.33. The van der Waals surface area contributed by atoms with Crippen LogP contribution in [0.5, 0.6) is 0 Å². The molecule has 112 valence electrons. The Bertz CT molecular complexity index is 420. The van der Waals surface area contributed by atoms with Gasteiger partial charge in [0.1, 0.15) is 5.76 Å². The Balaban J connectivity index is 2.02. The zero-order chi connectivity index (χ0) is 14.6. The summed E-state index contributed by atoms with van der Waals surface area (Å²) < 4.78 is 5.57. The van der Waals surface area contributed by atoms with Crippen LogP contribution in [0.15, 0.2) is 22.8 Å². The van der Waals surface area contributed by atoms with E-state index >= 15 is 0 Å². The van der Waals surface area contributed by atoms with Gasteiger partial charge in [0.05, 0.1) is 12.3 Å². The van der Waals surface area contributed by atoms with Gasteiger partial charge in [-0.3, -0.25) is 9.69 Å². The minimum absolute atomic E-state index is 0.0837. The predicted molar refractivity (Wildman–Crippen MR) is 82.8 cm³/mol. The molecule has 5 heteroatoms. The molecule has 0 saturated carbocycles. The third kappa shape index (κ3) is 4.03. The SMILES string of the molecule is CC(C)(C)C(=O)NCC(c1ccco1)N1CCSCC1. The van der Waals surface area contributed by atoms with Gasteiger partial charge >= 0.3 is 0 Å². The van der Waals surface area contributed by atoms with E-state index in [1.54, 1.807) is 6.26 Å². The summed E-state index contributed by atoms with van der Waals surface area (Å²) in [7, 11) is 0. The number of rotatable bonds is 4. The second-order valence-corrected chi connectivity index (χ2v) is 7.36. The van der Waals surface area contributed by atoms with E-state index in [1.165, 1.54) is 0 Å². The fraction of sp³-hybridized carbons (Fsp3) is 0.667. The summed E-state index contributed by atoms with van der Waals surface area (Å²) in [6.07, 6.45) is 1.70. The molecule has 2 rings (SSSR count). The largest absolute Gasteiger partial charge is 0.468 e. The van der Waals surface area contributed by atoms with Crippen molar-refractivity contribution in [3.05, 3.63) is 24.2 Å². The lowest BCUT2D eigenvalue weighted by atomic mass is 9.95. The van der Waals surface area contributed by atoms with Gasteiger partial charge in [0.25, 0.3) is 0 Å². The van der Waals surface area contributed by atoms with E-state index in [1.807, 2.05) is 44.7 Å². The van der Waals surface area contributed by atoms with Crippen molar-refractivity contribution in [2.75, 3.05) is 31.1 Å². The molecule has 1 aromatic heterocycles. The number of nitrogens with one attached hydrogen (secondary N) is 1. The van der Waals surface area contributed by atoms with Crippen molar-refractivity contribution in [2.24, 2.45) is 5.41 Å². The second kappa shape index (κ2) is 6.68. The highest BCUT2D eigenvalue weighted by Gasteiger charge is 2.27. The second-order valence-electron chi connectivity index (χ2n) is 6.14. The molecule has 1 aromatic rings. The summed E-state index contributed by atoms with van der Waals surface area (Å²) in [4.78, 5) is 14.5. The molecule has 0 aliphatic carbocycles. The number of thioether (sulfide) groups is 1. The summed E-state index contributed by atoms with van der Waals surface area (Å²) >= 11 is 1.98. The highest BCUT2D eigenvalue weighted by Crippen LogP contribution is 2.24. The lowest BCUT2D eigenvalue weighted by molar-refractivity contribution is -0.128. The summed E-state index contributed by atoms with van der Waals surface area (Å²) in [5.74, 6) is 3.31. The standard InChI is InChI=1S/C15H24N2O2S/c1-15(2,3)14(18)16-11-12(13-5-4-8-19-13)17-6-9-20-10-7-17/h4-5,8,12H,6-7,9-11H2,1-3H3,(H,16,18). The average molecular weight is 296 g/mol. The molecule has 2 heterocycles.